The minimum atomic E-state index is -3.26. The first kappa shape index (κ1) is 10.8. The van der Waals surface area contributed by atoms with Crippen molar-refractivity contribution in [2.24, 2.45) is 0 Å². The summed E-state index contributed by atoms with van der Waals surface area (Å²) in [6, 6.07) is 0. The number of rotatable bonds is 6. The maximum absolute atomic E-state index is 10.8. The van der Waals surface area contributed by atoms with Crippen LogP contribution >= 0.6 is 0 Å². The normalized spacial score (nSPS) is 11.8. The van der Waals surface area contributed by atoms with Crippen LogP contribution in [0.2, 0.25) is 0 Å². The molecule has 0 atom stereocenters. The first-order chi connectivity index (χ1) is 5.12. The molecule has 0 saturated carbocycles. The van der Waals surface area contributed by atoms with Crippen LogP contribution in [0.25, 0.3) is 0 Å². The van der Waals surface area contributed by atoms with Crippen LogP contribution in [0, 0.1) is 0 Å². The van der Waals surface area contributed by atoms with Crippen LogP contribution in [0.1, 0.15) is 6.42 Å². The SMILES string of the molecule is COCCCS(=O)(=O)NOC. The molecule has 0 aliphatic heterocycles. The quantitative estimate of drug-likeness (QED) is 0.445. The molecule has 0 aromatic carbocycles. The van der Waals surface area contributed by atoms with Crippen molar-refractivity contribution in [3.63, 3.8) is 0 Å². The third-order valence-electron chi connectivity index (χ3n) is 0.972. The van der Waals surface area contributed by atoms with E-state index >= 15 is 0 Å². The summed E-state index contributed by atoms with van der Waals surface area (Å²) < 4.78 is 26.3. The highest BCUT2D eigenvalue weighted by Crippen LogP contribution is 1.88. The van der Waals surface area contributed by atoms with Gasteiger partial charge in [-0.3, -0.25) is 4.84 Å². The smallest absolute Gasteiger partial charge is 0.233 e. The first-order valence-corrected chi connectivity index (χ1v) is 4.79. The molecule has 0 bridgehead atoms. The molecule has 0 unspecified atom stereocenters. The Morgan fingerprint density at radius 3 is 2.45 bits per heavy atom. The predicted molar refractivity (Wildman–Crippen MR) is 40.4 cm³/mol. The van der Waals surface area contributed by atoms with E-state index in [0.717, 1.165) is 0 Å². The fourth-order valence-corrected chi connectivity index (χ4v) is 1.40. The molecule has 0 saturated heterocycles. The molecule has 0 aromatic heterocycles. The summed E-state index contributed by atoms with van der Waals surface area (Å²) in [5.74, 6) is 0.0225. The molecular formula is C5H13NO4S. The van der Waals surface area contributed by atoms with E-state index in [9.17, 15) is 8.42 Å². The third kappa shape index (κ3) is 6.24. The van der Waals surface area contributed by atoms with E-state index in [1.807, 2.05) is 4.89 Å². The fraction of sp³-hybridized carbons (Fsp3) is 1.00. The number of hydrogen-bond donors (Lipinski definition) is 1. The molecule has 6 heteroatoms. The number of hydrogen-bond acceptors (Lipinski definition) is 4. The van der Waals surface area contributed by atoms with Crippen molar-refractivity contribution in [3.05, 3.63) is 0 Å². The Labute approximate surface area is 66.7 Å². The van der Waals surface area contributed by atoms with Gasteiger partial charge in [-0.25, -0.2) is 8.42 Å². The summed E-state index contributed by atoms with van der Waals surface area (Å²) >= 11 is 0. The van der Waals surface area contributed by atoms with Gasteiger partial charge in [0, 0.05) is 13.7 Å². The van der Waals surface area contributed by atoms with Crippen molar-refractivity contribution in [1.82, 2.24) is 4.89 Å². The van der Waals surface area contributed by atoms with E-state index in [2.05, 4.69) is 9.57 Å². The van der Waals surface area contributed by atoms with Crippen LogP contribution in [0.5, 0.6) is 0 Å². The maximum atomic E-state index is 10.8. The second kappa shape index (κ2) is 5.48. The van der Waals surface area contributed by atoms with Gasteiger partial charge in [-0.2, -0.15) is 0 Å². The molecule has 68 valence electrons. The lowest BCUT2D eigenvalue weighted by atomic mass is 10.5. The minimum absolute atomic E-state index is 0.0225. The molecule has 0 aliphatic rings. The van der Waals surface area contributed by atoms with Crippen molar-refractivity contribution in [1.29, 1.82) is 0 Å². The van der Waals surface area contributed by atoms with Gasteiger partial charge in [0.05, 0.1) is 12.9 Å². The zero-order chi connectivity index (χ0) is 8.74. The summed E-state index contributed by atoms with van der Waals surface area (Å²) in [6.45, 7) is 0.435. The monoisotopic (exact) mass is 183 g/mol. The number of ether oxygens (including phenoxy) is 1. The third-order valence-corrected chi connectivity index (χ3v) is 2.22. The molecule has 1 N–H and O–H groups in total. The zero-order valence-electron chi connectivity index (χ0n) is 6.66. The summed E-state index contributed by atoms with van der Waals surface area (Å²) in [5.41, 5.74) is 0. The van der Waals surface area contributed by atoms with Crippen molar-refractivity contribution < 1.29 is 18.0 Å². The Hall–Kier alpha value is -0.170. The fourth-order valence-electron chi connectivity index (χ4n) is 0.562. The highest BCUT2D eigenvalue weighted by molar-refractivity contribution is 7.89. The van der Waals surface area contributed by atoms with Gasteiger partial charge in [0.2, 0.25) is 10.0 Å². The van der Waals surface area contributed by atoms with Crippen molar-refractivity contribution in [2.45, 2.75) is 6.42 Å². The van der Waals surface area contributed by atoms with Crippen LogP contribution in [0.4, 0.5) is 0 Å². The van der Waals surface area contributed by atoms with Gasteiger partial charge in [-0.15, -0.1) is 0 Å². The van der Waals surface area contributed by atoms with Crippen LogP contribution in [-0.2, 0) is 19.6 Å². The van der Waals surface area contributed by atoms with Gasteiger partial charge in [0.1, 0.15) is 0 Å². The molecule has 5 nitrogen and oxygen atoms in total. The lowest BCUT2D eigenvalue weighted by Crippen LogP contribution is -2.25. The highest BCUT2D eigenvalue weighted by Gasteiger charge is 2.07. The van der Waals surface area contributed by atoms with E-state index in [1.54, 1.807) is 0 Å². The van der Waals surface area contributed by atoms with Crippen LogP contribution in [0.3, 0.4) is 0 Å². The molecular weight excluding hydrogens is 170 g/mol. The van der Waals surface area contributed by atoms with E-state index in [0.29, 0.717) is 13.0 Å². The van der Waals surface area contributed by atoms with E-state index in [-0.39, 0.29) is 5.75 Å². The summed E-state index contributed by atoms with van der Waals surface area (Å²) in [7, 11) is -0.474. The topological polar surface area (TPSA) is 64.6 Å². The van der Waals surface area contributed by atoms with Crippen LogP contribution in [-0.4, -0.2) is 35.0 Å². The Morgan fingerprint density at radius 1 is 1.36 bits per heavy atom. The Balaban J connectivity index is 3.56. The van der Waals surface area contributed by atoms with Gasteiger partial charge in [0.15, 0.2) is 0 Å². The van der Waals surface area contributed by atoms with Crippen LogP contribution in [0.15, 0.2) is 0 Å². The van der Waals surface area contributed by atoms with Crippen LogP contribution < -0.4 is 4.89 Å². The van der Waals surface area contributed by atoms with Gasteiger partial charge < -0.3 is 4.74 Å². The zero-order valence-corrected chi connectivity index (χ0v) is 7.48. The second-order valence-corrected chi connectivity index (χ2v) is 3.76. The van der Waals surface area contributed by atoms with Gasteiger partial charge in [-0.05, 0) is 6.42 Å². The molecule has 0 rings (SSSR count). The van der Waals surface area contributed by atoms with Gasteiger partial charge >= 0.3 is 0 Å². The predicted octanol–water partition coefficient (Wildman–Crippen LogP) is -0.496. The van der Waals surface area contributed by atoms with E-state index in [1.165, 1.54) is 14.2 Å². The largest absolute Gasteiger partial charge is 0.385 e. The average molecular weight is 183 g/mol. The Morgan fingerprint density at radius 2 is 2.00 bits per heavy atom. The lowest BCUT2D eigenvalue weighted by Gasteiger charge is -2.02. The van der Waals surface area contributed by atoms with E-state index < -0.39 is 10.0 Å². The lowest BCUT2D eigenvalue weighted by molar-refractivity contribution is 0.152. The molecule has 11 heavy (non-hydrogen) atoms. The summed E-state index contributed by atoms with van der Waals surface area (Å²) in [4.78, 5) is 6.16. The number of methoxy groups -OCH3 is 1. The minimum Gasteiger partial charge on any atom is -0.385 e. The molecule has 0 spiro atoms. The Kier molecular flexibility index (Phi) is 5.39. The second-order valence-electron chi connectivity index (χ2n) is 1.95. The standard InChI is InChI=1S/C5H13NO4S/c1-9-4-3-5-11(7,8)6-10-2/h6H,3-5H2,1-2H3. The van der Waals surface area contributed by atoms with Crippen molar-refractivity contribution >= 4 is 10.0 Å². The number of sulfonamides is 1. The van der Waals surface area contributed by atoms with E-state index in [4.69, 9.17) is 0 Å². The molecule has 0 aliphatic carbocycles. The summed E-state index contributed by atoms with van der Waals surface area (Å²) in [5, 5.41) is 0. The molecule has 0 amide bonds. The molecule has 0 radical (unpaired) electrons. The summed E-state index contributed by atoms with van der Waals surface area (Å²) in [6.07, 6.45) is 0.467. The average Bonchev–Trinajstić information content (AvgIpc) is 1.87. The highest BCUT2D eigenvalue weighted by atomic mass is 32.2. The molecule has 0 heterocycles. The van der Waals surface area contributed by atoms with Crippen molar-refractivity contribution in [3.8, 4) is 0 Å². The molecule has 0 aromatic rings. The van der Waals surface area contributed by atoms with Crippen molar-refractivity contribution in [2.75, 3.05) is 26.6 Å². The Bertz CT molecular complexity index is 177. The maximum Gasteiger partial charge on any atom is 0.233 e. The number of nitrogens with one attached hydrogen (secondary N) is 1. The first-order valence-electron chi connectivity index (χ1n) is 3.14. The molecule has 0 fully saturated rings. The van der Waals surface area contributed by atoms with Gasteiger partial charge in [-0.1, -0.05) is 4.89 Å². The van der Waals surface area contributed by atoms with Gasteiger partial charge in [0.25, 0.3) is 0 Å².